The van der Waals surface area contributed by atoms with Crippen LogP contribution in [-0.2, 0) is 14.3 Å². The number of cyclic esters (lactones) is 1. The highest BCUT2D eigenvalue weighted by Gasteiger charge is 2.45. The van der Waals surface area contributed by atoms with Crippen molar-refractivity contribution in [3.63, 3.8) is 0 Å². The molecule has 8 heteroatoms. The fraction of sp³-hybridized carbons (Fsp3) is 0.111. The highest BCUT2D eigenvalue weighted by Crippen LogP contribution is 2.42. The van der Waals surface area contributed by atoms with Gasteiger partial charge in [-0.3, -0.25) is 4.79 Å². The minimum absolute atomic E-state index is 0.153. The number of phenols is 4. The van der Waals surface area contributed by atoms with E-state index in [4.69, 9.17) is 4.74 Å². The Kier molecular flexibility index (Phi) is 4.17. The first kappa shape index (κ1) is 17.2. The lowest BCUT2D eigenvalue weighted by molar-refractivity contribution is -0.144. The van der Waals surface area contributed by atoms with Crippen LogP contribution in [0, 0.1) is 5.92 Å². The van der Waals surface area contributed by atoms with Crippen molar-refractivity contribution in [1.29, 1.82) is 0 Å². The van der Waals surface area contributed by atoms with Crippen LogP contribution in [0.1, 0.15) is 17.2 Å². The molecule has 1 fully saturated rings. The SMILES string of the molecule is O=C1O[C@@H](c2ccc(O)c(O)c2)[C@H](C(=O)O)/C1=C\c1ccc(O)c(O)c1. The summed E-state index contributed by atoms with van der Waals surface area (Å²) >= 11 is 0. The topological polar surface area (TPSA) is 145 Å². The number of hydrogen-bond donors (Lipinski definition) is 5. The maximum absolute atomic E-state index is 12.2. The first-order chi connectivity index (χ1) is 12.3. The number of rotatable bonds is 3. The summed E-state index contributed by atoms with van der Waals surface area (Å²) in [6.45, 7) is 0. The summed E-state index contributed by atoms with van der Waals surface area (Å²) in [6.07, 6.45) is 0.0593. The number of aromatic hydroxyl groups is 4. The van der Waals surface area contributed by atoms with E-state index in [1.54, 1.807) is 0 Å². The number of carboxylic acid groups (broad SMARTS) is 1. The lowest BCUT2D eigenvalue weighted by atomic mass is 9.90. The molecule has 0 aromatic heterocycles. The first-order valence-electron chi connectivity index (χ1n) is 7.47. The van der Waals surface area contributed by atoms with Crippen LogP contribution >= 0.6 is 0 Å². The van der Waals surface area contributed by atoms with Crippen LogP contribution in [0.25, 0.3) is 6.08 Å². The van der Waals surface area contributed by atoms with E-state index >= 15 is 0 Å². The Morgan fingerprint density at radius 1 is 0.923 bits per heavy atom. The summed E-state index contributed by atoms with van der Waals surface area (Å²) in [7, 11) is 0. The van der Waals surface area contributed by atoms with Crippen molar-refractivity contribution < 1.29 is 39.9 Å². The predicted molar refractivity (Wildman–Crippen MR) is 87.5 cm³/mol. The van der Waals surface area contributed by atoms with Gasteiger partial charge in [0.1, 0.15) is 12.0 Å². The number of carbonyl (C=O) groups excluding carboxylic acids is 1. The molecule has 3 rings (SSSR count). The fourth-order valence-electron chi connectivity index (χ4n) is 2.74. The molecule has 1 aliphatic rings. The quantitative estimate of drug-likeness (QED) is 0.318. The van der Waals surface area contributed by atoms with Gasteiger partial charge in [-0.2, -0.15) is 0 Å². The predicted octanol–water partition coefficient (Wildman–Crippen LogP) is 1.89. The van der Waals surface area contributed by atoms with Gasteiger partial charge in [-0.15, -0.1) is 0 Å². The van der Waals surface area contributed by atoms with Gasteiger partial charge < -0.3 is 30.3 Å². The zero-order valence-corrected chi connectivity index (χ0v) is 13.2. The van der Waals surface area contributed by atoms with Gasteiger partial charge in [-0.05, 0) is 41.5 Å². The molecule has 26 heavy (non-hydrogen) atoms. The molecule has 0 amide bonds. The molecule has 0 radical (unpaired) electrons. The van der Waals surface area contributed by atoms with Crippen LogP contribution in [0.2, 0.25) is 0 Å². The molecule has 1 saturated heterocycles. The van der Waals surface area contributed by atoms with Crippen LogP contribution in [-0.4, -0.2) is 37.5 Å². The van der Waals surface area contributed by atoms with Gasteiger partial charge in [0.25, 0.3) is 0 Å². The van der Waals surface area contributed by atoms with Gasteiger partial charge in [0.2, 0.25) is 0 Å². The summed E-state index contributed by atoms with van der Waals surface area (Å²) in [4.78, 5) is 23.9. The number of ether oxygens (including phenoxy) is 1. The molecule has 1 heterocycles. The van der Waals surface area contributed by atoms with E-state index in [0.29, 0.717) is 5.56 Å². The monoisotopic (exact) mass is 358 g/mol. The maximum atomic E-state index is 12.2. The van der Waals surface area contributed by atoms with Gasteiger partial charge in [-0.1, -0.05) is 12.1 Å². The molecular weight excluding hydrogens is 344 g/mol. The van der Waals surface area contributed by atoms with Gasteiger partial charge in [0.05, 0.1) is 5.57 Å². The molecule has 1 aliphatic heterocycles. The second-order valence-electron chi connectivity index (χ2n) is 5.74. The van der Waals surface area contributed by atoms with Crippen LogP contribution in [0.15, 0.2) is 42.0 Å². The summed E-state index contributed by atoms with van der Waals surface area (Å²) in [5.41, 5.74) is 0.353. The van der Waals surface area contributed by atoms with Crippen LogP contribution in [0.3, 0.4) is 0 Å². The van der Waals surface area contributed by atoms with Crippen molar-refractivity contribution in [1.82, 2.24) is 0 Å². The van der Waals surface area contributed by atoms with Gasteiger partial charge in [0.15, 0.2) is 23.0 Å². The Morgan fingerprint density at radius 2 is 1.54 bits per heavy atom. The maximum Gasteiger partial charge on any atom is 0.335 e. The zero-order valence-electron chi connectivity index (χ0n) is 13.2. The van der Waals surface area contributed by atoms with E-state index in [9.17, 15) is 35.1 Å². The van der Waals surface area contributed by atoms with E-state index in [2.05, 4.69) is 0 Å². The smallest absolute Gasteiger partial charge is 0.335 e. The van der Waals surface area contributed by atoms with Crippen molar-refractivity contribution in [2.24, 2.45) is 5.92 Å². The highest BCUT2D eigenvalue weighted by atomic mass is 16.6. The van der Waals surface area contributed by atoms with Gasteiger partial charge in [-0.25, -0.2) is 4.79 Å². The molecular formula is C18H14O8. The van der Waals surface area contributed by atoms with E-state index in [1.165, 1.54) is 30.3 Å². The van der Waals surface area contributed by atoms with Crippen LogP contribution in [0.5, 0.6) is 23.0 Å². The number of carbonyl (C=O) groups is 2. The Morgan fingerprint density at radius 3 is 2.12 bits per heavy atom. The lowest BCUT2D eigenvalue weighted by Gasteiger charge is -2.15. The number of carboxylic acids is 1. The molecule has 2 aromatic rings. The molecule has 2 atom stereocenters. The molecule has 0 aliphatic carbocycles. The summed E-state index contributed by atoms with van der Waals surface area (Å²) in [5.74, 6) is -5.16. The normalized spacial score (nSPS) is 20.9. The van der Waals surface area contributed by atoms with Crippen molar-refractivity contribution in [2.45, 2.75) is 6.10 Å². The minimum atomic E-state index is -1.36. The fourth-order valence-corrected chi connectivity index (χ4v) is 2.74. The largest absolute Gasteiger partial charge is 0.504 e. The standard InChI is InChI=1S/C18H14O8/c19-11-3-1-8(6-13(11)21)5-10-15(17(23)24)16(26-18(10)25)9-2-4-12(20)14(22)7-9/h1-7,15-16,19-22H,(H,23,24)/b10-5+/t15-,16+/m1/s1. The Bertz CT molecular complexity index is 931. The molecule has 8 nitrogen and oxygen atoms in total. The van der Waals surface area contributed by atoms with E-state index < -0.39 is 35.5 Å². The lowest BCUT2D eigenvalue weighted by Crippen LogP contribution is -2.19. The minimum Gasteiger partial charge on any atom is -0.504 e. The molecule has 5 N–H and O–H groups in total. The summed E-state index contributed by atoms with van der Waals surface area (Å²) in [6, 6.07) is 7.41. The molecule has 2 aromatic carbocycles. The van der Waals surface area contributed by atoms with Crippen LogP contribution < -0.4 is 0 Å². The van der Waals surface area contributed by atoms with Crippen molar-refractivity contribution in [2.75, 3.05) is 0 Å². The number of aliphatic carboxylic acids is 1. The molecule has 0 bridgehead atoms. The third kappa shape index (κ3) is 3.00. The van der Waals surface area contributed by atoms with E-state index in [-0.39, 0.29) is 22.6 Å². The summed E-state index contributed by atoms with van der Waals surface area (Å²) < 4.78 is 5.16. The molecule has 134 valence electrons. The number of benzene rings is 2. The Hall–Kier alpha value is -3.68. The third-order valence-electron chi connectivity index (χ3n) is 4.02. The van der Waals surface area contributed by atoms with Crippen molar-refractivity contribution >= 4 is 18.0 Å². The average molecular weight is 358 g/mol. The van der Waals surface area contributed by atoms with Gasteiger partial charge >= 0.3 is 11.9 Å². The molecule has 0 saturated carbocycles. The van der Waals surface area contributed by atoms with Crippen LogP contribution in [0.4, 0.5) is 0 Å². The van der Waals surface area contributed by atoms with E-state index in [1.807, 2.05) is 0 Å². The summed E-state index contributed by atoms with van der Waals surface area (Å²) in [5, 5.41) is 47.4. The zero-order chi connectivity index (χ0) is 19.0. The Labute approximate surface area is 146 Å². The van der Waals surface area contributed by atoms with E-state index in [0.717, 1.165) is 12.1 Å². The third-order valence-corrected chi connectivity index (χ3v) is 4.02. The second-order valence-corrected chi connectivity index (χ2v) is 5.74. The highest BCUT2D eigenvalue weighted by molar-refractivity contribution is 6.02. The second kappa shape index (κ2) is 6.32. The van der Waals surface area contributed by atoms with Crippen molar-refractivity contribution in [3.05, 3.63) is 53.1 Å². The van der Waals surface area contributed by atoms with Crippen molar-refractivity contribution in [3.8, 4) is 23.0 Å². The average Bonchev–Trinajstić information content (AvgIpc) is 2.90. The first-order valence-corrected chi connectivity index (χ1v) is 7.47. The molecule has 0 unspecified atom stereocenters. The van der Waals surface area contributed by atoms with Gasteiger partial charge in [0, 0.05) is 0 Å². The Balaban J connectivity index is 2.04. The number of hydrogen-bond acceptors (Lipinski definition) is 7. The number of phenolic OH excluding ortho intramolecular Hbond substituents is 4. The molecule has 0 spiro atoms. The number of esters is 1.